The number of Topliss-reactive ketones (excluding diaryl/α,β-unsaturated/α-hetero) is 1. The number of esters is 1. The number of allylic oxidation sites excluding steroid dienone is 1. The van der Waals surface area contributed by atoms with Crippen molar-refractivity contribution >= 4 is 33.9 Å². The lowest BCUT2D eigenvalue weighted by atomic mass is 9.74. The third-order valence-electron chi connectivity index (χ3n) is 6.33. The van der Waals surface area contributed by atoms with Gasteiger partial charge in [0.1, 0.15) is 5.92 Å². The standard InChI is InChI=1S/C26H24N2O3/c1-15-13-21-23(25(29)22(15)26(30)31-2)24(28-20-10-6-5-9-19(20)27-21)18-12-11-16-7-3-4-8-17(16)14-18/h3-12,14-15,22,24,27-28H,13H2,1-2H3/t15-,22+,24-/m0/s1. The monoisotopic (exact) mass is 412 g/mol. The Balaban J connectivity index is 1.69. The maximum atomic E-state index is 13.7. The molecule has 5 rings (SSSR count). The number of rotatable bonds is 2. The summed E-state index contributed by atoms with van der Waals surface area (Å²) < 4.78 is 4.98. The van der Waals surface area contributed by atoms with E-state index in [0.717, 1.165) is 33.4 Å². The van der Waals surface area contributed by atoms with E-state index in [-0.39, 0.29) is 17.7 Å². The van der Waals surface area contributed by atoms with Crippen molar-refractivity contribution in [2.75, 3.05) is 17.7 Å². The number of anilines is 2. The second kappa shape index (κ2) is 7.58. The van der Waals surface area contributed by atoms with E-state index in [1.165, 1.54) is 7.11 Å². The molecule has 3 aromatic rings. The molecule has 0 unspecified atom stereocenters. The van der Waals surface area contributed by atoms with Crippen LogP contribution in [0.1, 0.15) is 24.9 Å². The van der Waals surface area contributed by atoms with Crippen LogP contribution >= 0.6 is 0 Å². The minimum absolute atomic E-state index is 0.145. The van der Waals surface area contributed by atoms with Crippen molar-refractivity contribution in [2.24, 2.45) is 11.8 Å². The van der Waals surface area contributed by atoms with E-state index in [1.807, 2.05) is 43.3 Å². The van der Waals surface area contributed by atoms with Crippen LogP contribution in [0.3, 0.4) is 0 Å². The molecule has 1 heterocycles. The topological polar surface area (TPSA) is 67.4 Å². The summed E-state index contributed by atoms with van der Waals surface area (Å²) in [5.74, 6) is -1.58. The summed E-state index contributed by atoms with van der Waals surface area (Å²) in [5, 5.41) is 9.30. The Morgan fingerprint density at radius 3 is 2.45 bits per heavy atom. The maximum absolute atomic E-state index is 13.7. The first-order valence-electron chi connectivity index (χ1n) is 10.5. The summed E-state index contributed by atoms with van der Waals surface area (Å²) in [5.41, 5.74) is 4.31. The first kappa shape index (κ1) is 19.4. The summed E-state index contributed by atoms with van der Waals surface area (Å²) in [6.07, 6.45) is 0.598. The number of hydrogen-bond acceptors (Lipinski definition) is 5. The average Bonchev–Trinajstić information content (AvgIpc) is 2.95. The zero-order valence-corrected chi connectivity index (χ0v) is 17.5. The molecule has 0 fully saturated rings. The number of fused-ring (bicyclic) bond motifs is 2. The van der Waals surface area contributed by atoms with Gasteiger partial charge in [0.15, 0.2) is 5.78 Å². The van der Waals surface area contributed by atoms with Gasteiger partial charge >= 0.3 is 5.97 Å². The Hall–Kier alpha value is -3.60. The van der Waals surface area contributed by atoms with Crippen LogP contribution in [-0.2, 0) is 14.3 Å². The van der Waals surface area contributed by atoms with Crippen molar-refractivity contribution in [3.8, 4) is 0 Å². The van der Waals surface area contributed by atoms with Crippen molar-refractivity contribution in [3.63, 3.8) is 0 Å². The van der Waals surface area contributed by atoms with Gasteiger partial charge in [-0.1, -0.05) is 55.5 Å². The SMILES string of the molecule is COC(=O)[C@H]1C(=O)C2=C(C[C@@H]1C)Nc1ccccc1N[C@H]2c1ccc2ccccc2c1. The molecule has 5 nitrogen and oxygen atoms in total. The molecular formula is C26H24N2O3. The van der Waals surface area contributed by atoms with Crippen LogP contribution in [0.15, 0.2) is 78.0 Å². The summed E-state index contributed by atoms with van der Waals surface area (Å²) in [7, 11) is 1.34. The van der Waals surface area contributed by atoms with Gasteiger partial charge in [0.05, 0.1) is 24.5 Å². The molecule has 0 radical (unpaired) electrons. The lowest BCUT2D eigenvalue weighted by Crippen LogP contribution is -2.39. The fraction of sp³-hybridized carbons (Fsp3) is 0.231. The van der Waals surface area contributed by atoms with Crippen molar-refractivity contribution in [1.29, 1.82) is 0 Å². The van der Waals surface area contributed by atoms with Crippen LogP contribution in [0.25, 0.3) is 10.8 Å². The van der Waals surface area contributed by atoms with E-state index in [9.17, 15) is 9.59 Å². The van der Waals surface area contributed by atoms with Gasteiger partial charge in [0.2, 0.25) is 0 Å². The lowest BCUT2D eigenvalue weighted by Gasteiger charge is -2.32. The van der Waals surface area contributed by atoms with Gasteiger partial charge in [0.25, 0.3) is 0 Å². The molecule has 0 aromatic heterocycles. The number of hydrogen-bond donors (Lipinski definition) is 2. The number of ether oxygens (including phenoxy) is 1. The molecular weight excluding hydrogens is 388 g/mol. The van der Waals surface area contributed by atoms with E-state index >= 15 is 0 Å². The highest BCUT2D eigenvalue weighted by Crippen LogP contribution is 2.44. The summed E-state index contributed by atoms with van der Waals surface area (Å²) >= 11 is 0. The Labute approximate surface area is 181 Å². The molecule has 0 spiro atoms. The number of nitrogens with one attached hydrogen (secondary N) is 2. The number of benzene rings is 3. The van der Waals surface area contributed by atoms with Gasteiger partial charge in [0, 0.05) is 11.3 Å². The van der Waals surface area contributed by atoms with Gasteiger partial charge in [-0.05, 0) is 46.9 Å². The minimum Gasteiger partial charge on any atom is -0.468 e. The molecule has 1 aliphatic carbocycles. The summed E-state index contributed by atoms with van der Waals surface area (Å²) in [4.78, 5) is 26.2. The molecule has 0 saturated heterocycles. The van der Waals surface area contributed by atoms with Crippen LogP contribution in [0.5, 0.6) is 0 Å². The van der Waals surface area contributed by atoms with Crippen LogP contribution in [0.2, 0.25) is 0 Å². The maximum Gasteiger partial charge on any atom is 0.316 e. The second-order valence-corrected chi connectivity index (χ2v) is 8.29. The van der Waals surface area contributed by atoms with E-state index in [2.05, 4.69) is 41.0 Å². The fourth-order valence-corrected chi connectivity index (χ4v) is 4.77. The Bertz CT molecular complexity index is 1230. The molecule has 156 valence electrons. The molecule has 3 atom stereocenters. The first-order valence-corrected chi connectivity index (χ1v) is 10.5. The number of methoxy groups -OCH3 is 1. The number of carbonyl (C=O) groups is 2. The van der Waals surface area contributed by atoms with Crippen molar-refractivity contribution in [2.45, 2.75) is 19.4 Å². The van der Waals surface area contributed by atoms with E-state index in [1.54, 1.807) is 0 Å². The number of para-hydroxylation sites is 2. The van der Waals surface area contributed by atoms with Crippen LogP contribution in [0, 0.1) is 11.8 Å². The highest BCUT2D eigenvalue weighted by Gasteiger charge is 2.44. The Kier molecular flexibility index (Phi) is 4.74. The molecule has 2 N–H and O–H groups in total. The van der Waals surface area contributed by atoms with E-state index < -0.39 is 11.9 Å². The van der Waals surface area contributed by atoms with Gasteiger partial charge in [-0.2, -0.15) is 0 Å². The van der Waals surface area contributed by atoms with Gasteiger partial charge in [-0.3, -0.25) is 9.59 Å². The zero-order chi connectivity index (χ0) is 21.5. The molecule has 5 heteroatoms. The van der Waals surface area contributed by atoms with Crippen LogP contribution in [-0.4, -0.2) is 18.9 Å². The molecule has 31 heavy (non-hydrogen) atoms. The number of carbonyl (C=O) groups excluding carboxylic acids is 2. The molecule has 0 bridgehead atoms. The van der Waals surface area contributed by atoms with Crippen LogP contribution in [0.4, 0.5) is 11.4 Å². The third-order valence-corrected chi connectivity index (χ3v) is 6.33. The smallest absolute Gasteiger partial charge is 0.316 e. The van der Waals surface area contributed by atoms with Gasteiger partial charge < -0.3 is 15.4 Å². The van der Waals surface area contributed by atoms with E-state index in [4.69, 9.17) is 4.74 Å². The minimum atomic E-state index is -0.795. The van der Waals surface area contributed by atoms with E-state index in [0.29, 0.717) is 12.0 Å². The Morgan fingerprint density at radius 2 is 1.68 bits per heavy atom. The van der Waals surface area contributed by atoms with Crippen molar-refractivity contribution in [1.82, 2.24) is 0 Å². The quantitative estimate of drug-likeness (QED) is 0.454. The molecule has 0 amide bonds. The molecule has 2 aliphatic rings. The summed E-state index contributed by atoms with van der Waals surface area (Å²) in [6, 6.07) is 22.0. The largest absolute Gasteiger partial charge is 0.468 e. The molecule has 3 aromatic carbocycles. The third kappa shape index (κ3) is 3.26. The predicted molar refractivity (Wildman–Crippen MR) is 122 cm³/mol. The van der Waals surface area contributed by atoms with Gasteiger partial charge in [-0.15, -0.1) is 0 Å². The lowest BCUT2D eigenvalue weighted by molar-refractivity contribution is -0.151. The molecule has 1 aliphatic heterocycles. The Morgan fingerprint density at radius 1 is 0.968 bits per heavy atom. The second-order valence-electron chi connectivity index (χ2n) is 8.29. The summed E-state index contributed by atoms with van der Waals surface area (Å²) in [6.45, 7) is 1.93. The average molecular weight is 412 g/mol. The fourth-order valence-electron chi connectivity index (χ4n) is 4.77. The van der Waals surface area contributed by atoms with Crippen molar-refractivity contribution < 1.29 is 14.3 Å². The first-order chi connectivity index (χ1) is 15.1. The normalized spacial score (nSPS) is 22.6. The molecule has 0 saturated carbocycles. The zero-order valence-electron chi connectivity index (χ0n) is 17.5. The highest BCUT2D eigenvalue weighted by molar-refractivity contribution is 6.11. The van der Waals surface area contributed by atoms with Gasteiger partial charge in [-0.25, -0.2) is 0 Å². The number of ketones is 1. The predicted octanol–water partition coefficient (Wildman–Crippen LogP) is 5.07. The van der Waals surface area contributed by atoms with Crippen molar-refractivity contribution in [3.05, 3.63) is 83.6 Å². The van der Waals surface area contributed by atoms with Crippen LogP contribution < -0.4 is 10.6 Å². The highest BCUT2D eigenvalue weighted by atomic mass is 16.5.